The fraction of sp³-hybridized carbons (Fsp3) is 0.214. The molecule has 0 aliphatic carbocycles. The number of carboxylic acid groups (broad SMARTS) is 1. The number of halogens is 1. The molecule has 0 unspecified atom stereocenters. The minimum Gasteiger partial charge on any atom is -0.481 e. The zero-order chi connectivity index (χ0) is 15.2. The lowest BCUT2D eigenvalue weighted by atomic mass is 10.1. The van der Waals surface area contributed by atoms with E-state index in [1.54, 1.807) is 29.0 Å². The second-order valence-electron chi connectivity index (χ2n) is 4.27. The van der Waals surface area contributed by atoms with E-state index in [4.69, 9.17) is 5.11 Å². The van der Waals surface area contributed by atoms with Gasteiger partial charge in [-0.25, -0.2) is 4.39 Å². The highest BCUT2D eigenvalue weighted by Gasteiger charge is 2.08. The monoisotopic (exact) mass is 308 g/mol. The maximum Gasteiger partial charge on any atom is 0.313 e. The molecule has 1 heterocycles. The third kappa shape index (κ3) is 4.42. The van der Waals surface area contributed by atoms with Gasteiger partial charge in [0, 0.05) is 18.8 Å². The summed E-state index contributed by atoms with van der Waals surface area (Å²) >= 11 is 0.967. The first-order valence-electron chi connectivity index (χ1n) is 6.22. The van der Waals surface area contributed by atoms with E-state index in [0.717, 1.165) is 11.8 Å². The molecule has 0 atom stereocenters. The molecule has 0 saturated heterocycles. The number of carbonyl (C=O) groups is 1. The first kappa shape index (κ1) is 15.2. The van der Waals surface area contributed by atoms with Crippen LogP contribution in [0.25, 0.3) is 0 Å². The molecule has 1 aromatic heterocycles. The maximum atomic E-state index is 13.6. The quantitative estimate of drug-likeness (QED) is 0.651. The first-order chi connectivity index (χ1) is 10.1. The van der Waals surface area contributed by atoms with Gasteiger partial charge in [0.2, 0.25) is 0 Å². The lowest BCUT2D eigenvalue weighted by Gasteiger charge is -2.11. The normalized spacial score (nSPS) is 10.5. The second-order valence-corrected chi connectivity index (χ2v) is 5.21. The van der Waals surface area contributed by atoms with Gasteiger partial charge in [-0.1, -0.05) is 30.0 Å². The van der Waals surface area contributed by atoms with Crippen LogP contribution in [-0.2, 0) is 17.8 Å². The van der Waals surface area contributed by atoms with E-state index in [0.29, 0.717) is 23.7 Å². The Balaban J connectivity index is 2.14. The third-order valence-electron chi connectivity index (χ3n) is 2.75. The summed E-state index contributed by atoms with van der Waals surface area (Å²) in [5.41, 5.74) is 0.135. The fourth-order valence-corrected chi connectivity index (χ4v) is 2.49. The highest BCUT2D eigenvalue weighted by atomic mass is 32.2. The van der Waals surface area contributed by atoms with E-state index < -0.39 is 11.5 Å². The Labute approximate surface area is 124 Å². The zero-order valence-electron chi connectivity index (χ0n) is 11.0. The van der Waals surface area contributed by atoms with Gasteiger partial charge in [-0.15, -0.1) is 0 Å². The standard InChI is InChI=1S/C14H13FN2O3S/c15-11-4-2-1-3-10(11)5-7-17-8-6-12(18)16-14(17)21-9-13(19)20/h1-4,6,8H,5,7,9H2,(H,19,20). The highest BCUT2D eigenvalue weighted by Crippen LogP contribution is 2.15. The molecule has 0 saturated carbocycles. The lowest BCUT2D eigenvalue weighted by Crippen LogP contribution is -2.15. The van der Waals surface area contributed by atoms with Crippen molar-refractivity contribution in [3.05, 3.63) is 58.3 Å². The predicted molar refractivity (Wildman–Crippen MR) is 77.0 cm³/mol. The van der Waals surface area contributed by atoms with Gasteiger partial charge < -0.3 is 9.67 Å². The average molecular weight is 308 g/mol. The van der Waals surface area contributed by atoms with Gasteiger partial charge in [-0.05, 0) is 18.1 Å². The van der Waals surface area contributed by atoms with Crippen LogP contribution < -0.4 is 5.56 Å². The molecule has 0 radical (unpaired) electrons. The fourth-order valence-electron chi connectivity index (χ4n) is 1.77. The van der Waals surface area contributed by atoms with Crippen molar-refractivity contribution in [2.24, 2.45) is 0 Å². The third-order valence-corrected chi connectivity index (χ3v) is 3.73. The molecule has 5 nitrogen and oxygen atoms in total. The summed E-state index contributed by atoms with van der Waals surface area (Å²) < 4.78 is 15.2. The minimum atomic E-state index is -0.987. The number of aromatic nitrogens is 2. The van der Waals surface area contributed by atoms with Crippen LogP contribution in [0.2, 0.25) is 0 Å². The predicted octanol–water partition coefficient (Wildman–Crippen LogP) is 1.80. The number of aliphatic carboxylic acids is 1. The van der Waals surface area contributed by atoms with Crippen LogP contribution in [0, 0.1) is 5.82 Å². The van der Waals surface area contributed by atoms with Crippen LogP contribution in [-0.4, -0.2) is 26.4 Å². The van der Waals surface area contributed by atoms with Crippen molar-refractivity contribution in [2.45, 2.75) is 18.1 Å². The molecule has 1 aromatic carbocycles. The Hall–Kier alpha value is -2.15. The summed E-state index contributed by atoms with van der Waals surface area (Å²) in [6, 6.07) is 7.75. The molecule has 0 aliphatic heterocycles. The number of thioether (sulfide) groups is 1. The smallest absolute Gasteiger partial charge is 0.313 e. The molecule has 110 valence electrons. The largest absolute Gasteiger partial charge is 0.481 e. The summed E-state index contributed by atoms with van der Waals surface area (Å²) in [7, 11) is 0. The number of rotatable bonds is 6. The van der Waals surface area contributed by atoms with Crippen LogP contribution in [0.4, 0.5) is 4.39 Å². The number of carboxylic acids is 1. The molecule has 0 aliphatic rings. The van der Waals surface area contributed by atoms with Crippen molar-refractivity contribution in [1.29, 1.82) is 0 Å². The molecule has 21 heavy (non-hydrogen) atoms. The van der Waals surface area contributed by atoms with E-state index in [1.807, 2.05) is 0 Å². The van der Waals surface area contributed by atoms with Gasteiger partial charge >= 0.3 is 5.97 Å². The molecule has 2 aromatic rings. The second kappa shape index (κ2) is 7.03. The van der Waals surface area contributed by atoms with E-state index >= 15 is 0 Å². The van der Waals surface area contributed by atoms with Crippen molar-refractivity contribution in [3.63, 3.8) is 0 Å². The van der Waals surface area contributed by atoms with Gasteiger partial charge in [0.05, 0.1) is 5.75 Å². The van der Waals surface area contributed by atoms with Crippen molar-refractivity contribution < 1.29 is 14.3 Å². The SMILES string of the molecule is O=C(O)CSc1nc(=O)ccn1CCc1ccccc1F. The first-order valence-corrected chi connectivity index (χ1v) is 7.20. The maximum absolute atomic E-state index is 13.6. The zero-order valence-corrected chi connectivity index (χ0v) is 11.8. The van der Waals surface area contributed by atoms with Gasteiger partial charge in [0.25, 0.3) is 5.56 Å². The van der Waals surface area contributed by atoms with Crippen LogP contribution in [0.5, 0.6) is 0 Å². The van der Waals surface area contributed by atoms with E-state index in [2.05, 4.69) is 4.98 Å². The Morgan fingerprint density at radius 3 is 2.81 bits per heavy atom. The Morgan fingerprint density at radius 1 is 1.33 bits per heavy atom. The molecule has 2 rings (SSSR count). The van der Waals surface area contributed by atoms with Crippen LogP contribution in [0.15, 0.2) is 46.5 Å². The molecule has 7 heteroatoms. The van der Waals surface area contributed by atoms with Crippen molar-refractivity contribution >= 4 is 17.7 Å². The number of benzene rings is 1. The minimum absolute atomic E-state index is 0.184. The number of hydrogen-bond donors (Lipinski definition) is 1. The molecule has 0 bridgehead atoms. The number of nitrogens with zero attached hydrogens (tertiary/aromatic N) is 2. The topological polar surface area (TPSA) is 72.2 Å². The van der Waals surface area contributed by atoms with Crippen LogP contribution >= 0.6 is 11.8 Å². The molecule has 0 fully saturated rings. The van der Waals surface area contributed by atoms with Gasteiger partial charge in [0.1, 0.15) is 5.82 Å². The summed E-state index contributed by atoms with van der Waals surface area (Å²) in [5, 5.41) is 9.01. The summed E-state index contributed by atoms with van der Waals surface area (Å²) in [5.74, 6) is -1.46. The van der Waals surface area contributed by atoms with Gasteiger partial charge in [-0.2, -0.15) is 4.98 Å². The van der Waals surface area contributed by atoms with E-state index in [9.17, 15) is 14.0 Å². The van der Waals surface area contributed by atoms with Crippen molar-refractivity contribution in [2.75, 3.05) is 5.75 Å². The van der Waals surface area contributed by atoms with Crippen LogP contribution in [0.1, 0.15) is 5.56 Å². The van der Waals surface area contributed by atoms with Crippen molar-refractivity contribution in [3.8, 4) is 0 Å². The summed E-state index contributed by atoms with van der Waals surface area (Å²) in [6.07, 6.45) is 1.97. The number of hydrogen-bond acceptors (Lipinski definition) is 4. The van der Waals surface area contributed by atoms with Crippen LogP contribution in [0.3, 0.4) is 0 Å². The highest BCUT2D eigenvalue weighted by molar-refractivity contribution is 7.99. The Bertz CT molecular complexity index is 703. The van der Waals surface area contributed by atoms with Crippen molar-refractivity contribution in [1.82, 2.24) is 9.55 Å². The lowest BCUT2D eigenvalue weighted by molar-refractivity contribution is -0.133. The Kier molecular flexibility index (Phi) is 5.10. The van der Waals surface area contributed by atoms with Gasteiger partial charge in [-0.3, -0.25) is 9.59 Å². The average Bonchev–Trinajstić information content (AvgIpc) is 2.45. The van der Waals surface area contributed by atoms with Gasteiger partial charge in [0.15, 0.2) is 5.16 Å². The molecular formula is C14H13FN2O3S. The molecule has 0 amide bonds. The Morgan fingerprint density at radius 2 is 2.10 bits per heavy atom. The van der Waals surface area contributed by atoms with E-state index in [-0.39, 0.29) is 11.6 Å². The molecular weight excluding hydrogens is 295 g/mol. The number of aryl methyl sites for hydroxylation is 2. The molecule has 1 N–H and O–H groups in total. The van der Waals surface area contributed by atoms with E-state index in [1.165, 1.54) is 12.1 Å². The summed E-state index contributed by atoms with van der Waals surface area (Å²) in [4.78, 5) is 25.7. The summed E-state index contributed by atoms with van der Waals surface area (Å²) in [6.45, 7) is 0.413. The molecule has 0 spiro atoms.